The molecule has 84 valence electrons. The largest absolute Gasteiger partial charge is 0.264 e. The van der Waals surface area contributed by atoms with Crippen LogP contribution in [-0.2, 0) is 0 Å². The maximum atomic E-state index is 10.9. The molecule has 0 fully saturated rings. The second-order valence-corrected chi connectivity index (χ2v) is 5.56. The van der Waals surface area contributed by atoms with E-state index in [-0.39, 0.29) is 10.3 Å². The Balaban J connectivity index is 3.04. The number of alkyl halides is 1. The van der Waals surface area contributed by atoms with Crippen molar-refractivity contribution in [2.24, 2.45) is 5.41 Å². The summed E-state index contributed by atoms with van der Waals surface area (Å²) in [4.78, 5) is 10.5. The lowest BCUT2D eigenvalue weighted by molar-refractivity contribution is -0.548. The van der Waals surface area contributed by atoms with Crippen LogP contribution in [-0.4, -0.2) is 15.8 Å². The second-order valence-electron chi connectivity index (χ2n) is 5.09. The van der Waals surface area contributed by atoms with Crippen LogP contribution in [0, 0.1) is 15.5 Å². The Morgan fingerprint density at radius 3 is 2.40 bits per heavy atom. The van der Waals surface area contributed by atoms with Crippen LogP contribution in [0.2, 0.25) is 0 Å². The normalized spacial score (nSPS) is 31.3. The number of hydrogen-bond donors (Lipinski definition) is 0. The summed E-state index contributed by atoms with van der Waals surface area (Å²) in [6.45, 7) is 7.71. The molecular formula is C11H16ClNO2. The first-order chi connectivity index (χ1) is 6.68. The van der Waals surface area contributed by atoms with Crippen LogP contribution in [0.25, 0.3) is 0 Å². The van der Waals surface area contributed by atoms with Crippen molar-refractivity contribution < 1.29 is 4.92 Å². The van der Waals surface area contributed by atoms with E-state index in [1.54, 1.807) is 12.2 Å². The van der Waals surface area contributed by atoms with Gasteiger partial charge in [-0.25, -0.2) is 0 Å². The van der Waals surface area contributed by atoms with Crippen LogP contribution < -0.4 is 0 Å². The van der Waals surface area contributed by atoms with E-state index < -0.39 is 10.9 Å². The molecule has 0 aliphatic heterocycles. The summed E-state index contributed by atoms with van der Waals surface area (Å²) in [5, 5.41) is 10.3. The highest BCUT2D eigenvalue weighted by atomic mass is 35.5. The Kier molecular flexibility index (Phi) is 2.97. The number of allylic oxidation sites excluding steroid dienone is 2. The van der Waals surface area contributed by atoms with Gasteiger partial charge in [-0.15, -0.1) is 11.6 Å². The van der Waals surface area contributed by atoms with Crippen molar-refractivity contribution in [3.05, 3.63) is 33.9 Å². The smallest absolute Gasteiger partial charge is 0.257 e. The van der Waals surface area contributed by atoms with Gasteiger partial charge in [-0.2, -0.15) is 0 Å². The number of nitrogens with zero attached hydrogens (tertiary/aromatic N) is 1. The Morgan fingerprint density at radius 2 is 2.07 bits per heavy atom. The second kappa shape index (κ2) is 3.63. The fourth-order valence-corrected chi connectivity index (χ4v) is 1.68. The molecule has 4 heteroatoms. The molecule has 2 atom stereocenters. The molecule has 15 heavy (non-hydrogen) atoms. The van der Waals surface area contributed by atoms with E-state index in [2.05, 4.69) is 20.8 Å². The summed E-state index contributed by atoms with van der Waals surface area (Å²) in [6.07, 6.45) is 5.18. The number of halogens is 1. The van der Waals surface area contributed by atoms with Crippen molar-refractivity contribution in [2.75, 3.05) is 0 Å². The van der Waals surface area contributed by atoms with Crippen molar-refractivity contribution in [1.82, 2.24) is 0 Å². The van der Waals surface area contributed by atoms with Gasteiger partial charge in [-0.3, -0.25) is 10.1 Å². The Hall–Kier alpha value is -0.830. The first-order valence-corrected chi connectivity index (χ1v) is 5.31. The van der Waals surface area contributed by atoms with Gasteiger partial charge in [0.15, 0.2) is 0 Å². The molecule has 0 bridgehead atoms. The maximum Gasteiger partial charge on any atom is 0.257 e. The van der Waals surface area contributed by atoms with Crippen molar-refractivity contribution in [2.45, 2.75) is 38.6 Å². The van der Waals surface area contributed by atoms with Crippen molar-refractivity contribution in [1.29, 1.82) is 0 Å². The van der Waals surface area contributed by atoms with Crippen LogP contribution in [0.1, 0.15) is 27.7 Å². The first-order valence-electron chi connectivity index (χ1n) is 4.88. The minimum atomic E-state index is -1.18. The lowest BCUT2D eigenvalue weighted by Gasteiger charge is -2.29. The van der Waals surface area contributed by atoms with Crippen molar-refractivity contribution in [3.8, 4) is 0 Å². The Bertz CT molecular complexity index is 341. The van der Waals surface area contributed by atoms with Gasteiger partial charge in [0, 0.05) is 11.8 Å². The molecule has 0 heterocycles. The van der Waals surface area contributed by atoms with E-state index in [0.29, 0.717) is 0 Å². The van der Waals surface area contributed by atoms with E-state index in [0.717, 1.165) is 5.57 Å². The Labute approximate surface area is 95.0 Å². The summed E-state index contributed by atoms with van der Waals surface area (Å²) in [5.74, 6) is 0. The highest BCUT2D eigenvalue weighted by molar-refractivity contribution is 6.23. The molecule has 0 radical (unpaired) electrons. The number of rotatable bonds is 1. The summed E-state index contributed by atoms with van der Waals surface area (Å²) in [5.41, 5.74) is -0.167. The van der Waals surface area contributed by atoms with E-state index >= 15 is 0 Å². The lowest BCUT2D eigenvalue weighted by Crippen LogP contribution is -2.43. The summed E-state index contributed by atoms with van der Waals surface area (Å²) in [6, 6.07) is 0. The monoisotopic (exact) mass is 229 g/mol. The average molecular weight is 230 g/mol. The molecule has 0 spiro atoms. The minimum Gasteiger partial charge on any atom is -0.264 e. The molecule has 2 unspecified atom stereocenters. The standard InChI is InChI=1S/C11H16ClNO2/c1-10(2,3)8-5-6-11(4,13(14)15)9(12)7-8/h5-7,9H,1-4H3. The van der Waals surface area contributed by atoms with Gasteiger partial charge in [-0.1, -0.05) is 32.9 Å². The zero-order valence-electron chi connectivity index (χ0n) is 9.45. The van der Waals surface area contributed by atoms with Gasteiger partial charge >= 0.3 is 0 Å². The van der Waals surface area contributed by atoms with Crippen LogP contribution in [0.4, 0.5) is 0 Å². The van der Waals surface area contributed by atoms with E-state index in [1.165, 1.54) is 6.92 Å². The molecule has 1 aliphatic rings. The maximum absolute atomic E-state index is 10.9. The minimum absolute atomic E-state index is 0.0262. The topological polar surface area (TPSA) is 43.1 Å². The SMILES string of the molecule is CC(C)(C)C1=CC(Cl)C(C)([N+](=O)[O-])C=C1. The molecule has 3 nitrogen and oxygen atoms in total. The quantitative estimate of drug-likeness (QED) is 0.394. The fraction of sp³-hybridized carbons (Fsp3) is 0.636. The first kappa shape index (κ1) is 12.2. The number of nitro groups is 1. The van der Waals surface area contributed by atoms with Gasteiger partial charge in [-0.05, 0) is 17.1 Å². The molecule has 0 saturated carbocycles. The van der Waals surface area contributed by atoms with Gasteiger partial charge < -0.3 is 0 Å². The number of hydrogen-bond acceptors (Lipinski definition) is 2. The molecule has 1 rings (SSSR count). The third kappa shape index (κ3) is 2.23. The zero-order chi connectivity index (χ0) is 11.9. The van der Waals surface area contributed by atoms with E-state index in [1.807, 2.05) is 6.08 Å². The van der Waals surface area contributed by atoms with Crippen molar-refractivity contribution in [3.63, 3.8) is 0 Å². The van der Waals surface area contributed by atoms with Gasteiger partial charge in [0.05, 0.1) is 0 Å². The van der Waals surface area contributed by atoms with Crippen LogP contribution >= 0.6 is 11.6 Å². The Morgan fingerprint density at radius 1 is 1.53 bits per heavy atom. The molecule has 0 amide bonds. The van der Waals surface area contributed by atoms with E-state index in [9.17, 15) is 10.1 Å². The molecule has 1 aliphatic carbocycles. The third-order valence-electron chi connectivity index (χ3n) is 2.74. The molecule has 0 aromatic carbocycles. The molecule has 0 aromatic heterocycles. The zero-order valence-corrected chi connectivity index (χ0v) is 10.2. The molecule has 0 N–H and O–H groups in total. The summed E-state index contributed by atoms with van der Waals surface area (Å²) >= 11 is 6.05. The van der Waals surface area contributed by atoms with Gasteiger partial charge in [0.2, 0.25) is 0 Å². The fourth-order valence-electron chi connectivity index (χ4n) is 1.39. The highest BCUT2D eigenvalue weighted by Gasteiger charge is 2.44. The van der Waals surface area contributed by atoms with Gasteiger partial charge in [0.25, 0.3) is 5.54 Å². The predicted molar refractivity (Wildman–Crippen MR) is 61.7 cm³/mol. The van der Waals surface area contributed by atoms with Crippen LogP contribution in [0.5, 0.6) is 0 Å². The van der Waals surface area contributed by atoms with Crippen LogP contribution in [0.3, 0.4) is 0 Å². The molecular weight excluding hydrogens is 214 g/mol. The third-order valence-corrected chi connectivity index (χ3v) is 3.31. The molecule has 0 saturated heterocycles. The summed E-state index contributed by atoms with van der Waals surface area (Å²) in [7, 11) is 0. The summed E-state index contributed by atoms with van der Waals surface area (Å²) < 4.78 is 0. The predicted octanol–water partition coefficient (Wildman–Crippen LogP) is 3.17. The van der Waals surface area contributed by atoms with E-state index in [4.69, 9.17) is 11.6 Å². The van der Waals surface area contributed by atoms with Crippen LogP contribution in [0.15, 0.2) is 23.8 Å². The average Bonchev–Trinajstić information content (AvgIpc) is 2.07. The van der Waals surface area contributed by atoms with Crippen molar-refractivity contribution >= 4 is 11.6 Å². The van der Waals surface area contributed by atoms with Gasteiger partial charge in [0.1, 0.15) is 5.38 Å². The highest BCUT2D eigenvalue weighted by Crippen LogP contribution is 2.35. The molecule has 0 aromatic rings. The lowest BCUT2D eigenvalue weighted by atomic mass is 9.80.